The van der Waals surface area contributed by atoms with Crippen LogP contribution >= 0.6 is 23.1 Å². The highest BCUT2D eigenvalue weighted by atomic mass is 32.2. The van der Waals surface area contributed by atoms with Crippen LogP contribution in [0.15, 0.2) is 64.5 Å². The van der Waals surface area contributed by atoms with Crippen molar-refractivity contribution in [3.05, 3.63) is 65.1 Å². The van der Waals surface area contributed by atoms with E-state index in [2.05, 4.69) is 15.5 Å². The molecule has 2 amide bonds. The summed E-state index contributed by atoms with van der Waals surface area (Å²) in [5, 5.41) is 18.8. The lowest BCUT2D eigenvalue weighted by Crippen LogP contribution is -2.71. The van der Waals surface area contributed by atoms with E-state index in [9.17, 15) is 24.3 Å². The smallest absolute Gasteiger partial charge is 0.352 e. The monoisotopic (exact) mass is 597 g/mol. The Balaban J connectivity index is 1.34. The summed E-state index contributed by atoms with van der Waals surface area (Å²) in [7, 11) is 0. The summed E-state index contributed by atoms with van der Waals surface area (Å²) in [5.74, 6) is -2.83. The number of esters is 1. The third-order valence-corrected chi connectivity index (χ3v) is 8.44. The summed E-state index contributed by atoms with van der Waals surface area (Å²) < 4.78 is 7.74. The second-order valence-electron chi connectivity index (χ2n) is 8.94. The van der Waals surface area contributed by atoms with Gasteiger partial charge in [0, 0.05) is 22.8 Å². The first-order valence-corrected chi connectivity index (χ1v) is 14.3. The van der Waals surface area contributed by atoms with Crippen LogP contribution in [-0.2, 0) is 35.3 Å². The predicted molar refractivity (Wildman–Crippen MR) is 149 cm³/mol. The summed E-state index contributed by atoms with van der Waals surface area (Å²) in [6.45, 7) is 1.53. The number of aromatic nitrogens is 2. The van der Waals surface area contributed by atoms with E-state index in [4.69, 9.17) is 15.3 Å². The maximum absolute atomic E-state index is 13.3. The largest absolute Gasteiger partial charge is 0.477 e. The van der Waals surface area contributed by atoms with Gasteiger partial charge in [-0.2, -0.15) is 4.57 Å². The summed E-state index contributed by atoms with van der Waals surface area (Å²) in [6.07, 6.45) is 3.81. The van der Waals surface area contributed by atoms with Gasteiger partial charge in [-0.3, -0.25) is 14.5 Å². The zero-order valence-corrected chi connectivity index (χ0v) is 23.3. The van der Waals surface area contributed by atoms with E-state index in [-0.39, 0.29) is 29.5 Å². The number of carbonyl (C=O) groups excluding carboxylic acids is 3. The van der Waals surface area contributed by atoms with E-state index >= 15 is 0 Å². The van der Waals surface area contributed by atoms with Gasteiger partial charge in [0.2, 0.25) is 6.61 Å². The highest BCUT2D eigenvalue weighted by Gasteiger charge is 2.54. The third kappa shape index (κ3) is 5.85. The molecule has 212 valence electrons. The minimum absolute atomic E-state index is 0.0550. The zero-order chi connectivity index (χ0) is 29.1. The van der Waals surface area contributed by atoms with Crippen molar-refractivity contribution >= 4 is 68.5 Å². The molecule has 15 heteroatoms. The molecule has 13 nitrogen and oxygen atoms in total. The highest BCUT2D eigenvalue weighted by Crippen LogP contribution is 2.40. The number of hydrogen-bond donors (Lipinski definition) is 3. The first-order valence-electron chi connectivity index (χ1n) is 12.4. The van der Waals surface area contributed by atoms with Crippen LogP contribution in [0.2, 0.25) is 0 Å². The lowest BCUT2D eigenvalue weighted by molar-refractivity contribution is -0.687. The highest BCUT2D eigenvalue weighted by molar-refractivity contribution is 8.00. The molecule has 3 aromatic rings. The Morgan fingerprint density at radius 3 is 2.88 bits per heavy atom. The number of pyridine rings is 2. The number of nitrogens with two attached hydrogens (primary N) is 1. The number of β-lactam (4-membered cyclic amide) rings is 1. The van der Waals surface area contributed by atoms with Crippen molar-refractivity contribution in [1.82, 2.24) is 15.2 Å². The van der Waals surface area contributed by atoms with Gasteiger partial charge in [0.15, 0.2) is 24.7 Å². The fourth-order valence-corrected chi connectivity index (χ4v) is 6.58. The number of ether oxygens (including phenoxy) is 1. The maximum Gasteiger partial charge on any atom is 0.352 e. The van der Waals surface area contributed by atoms with Crippen LogP contribution < -0.4 is 15.6 Å². The molecule has 0 radical (unpaired) electrons. The van der Waals surface area contributed by atoms with Gasteiger partial charge in [0.05, 0.1) is 11.3 Å². The molecule has 0 aromatic carbocycles. The number of nitrogens with one attached hydrogen (secondary N) is 1. The van der Waals surface area contributed by atoms with Crippen LogP contribution in [-0.4, -0.2) is 74.8 Å². The third-order valence-electron chi connectivity index (χ3n) is 6.24. The molecule has 5 rings (SSSR count). The van der Waals surface area contributed by atoms with Crippen molar-refractivity contribution in [2.75, 3.05) is 24.7 Å². The van der Waals surface area contributed by atoms with E-state index in [1.807, 2.05) is 34.5 Å². The summed E-state index contributed by atoms with van der Waals surface area (Å²) >= 11 is 2.93. The SMILES string of the molecule is CCOC(=O)CO/N=C(/C(=O)NC1C(=O)N2C(C(=O)O)=C(C[n+]3ccc4ccsc4c3)CS[C@H]12)c1cccc(N)n1. The molecule has 1 unspecified atom stereocenters. The minimum atomic E-state index is -1.22. The fourth-order valence-electron chi connectivity index (χ4n) is 4.42. The number of thioether (sulfide) groups is 1. The maximum atomic E-state index is 13.3. The van der Waals surface area contributed by atoms with E-state index in [1.54, 1.807) is 24.3 Å². The molecule has 41 heavy (non-hydrogen) atoms. The van der Waals surface area contributed by atoms with Crippen LogP contribution in [0.5, 0.6) is 0 Å². The van der Waals surface area contributed by atoms with Crippen molar-refractivity contribution < 1.29 is 38.4 Å². The quantitative estimate of drug-likeness (QED) is 0.1000. The number of amides is 2. The Labute approximate surface area is 241 Å². The molecule has 0 aliphatic carbocycles. The van der Waals surface area contributed by atoms with Gasteiger partial charge in [0.25, 0.3) is 11.8 Å². The number of carboxylic acid groups (broad SMARTS) is 1. The van der Waals surface area contributed by atoms with Gasteiger partial charge >= 0.3 is 11.9 Å². The van der Waals surface area contributed by atoms with Gasteiger partial charge in [0.1, 0.15) is 28.6 Å². The zero-order valence-electron chi connectivity index (χ0n) is 21.7. The average Bonchev–Trinajstić information content (AvgIpc) is 3.41. The Bertz CT molecular complexity index is 1600. The average molecular weight is 598 g/mol. The van der Waals surface area contributed by atoms with Gasteiger partial charge < -0.3 is 25.7 Å². The minimum Gasteiger partial charge on any atom is -0.477 e. The second-order valence-corrected chi connectivity index (χ2v) is 11.0. The number of carboxylic acids is 1. The number of rotatable bonds is 10. The molecule has 2 atom stereocenters. The van der Waals surface area contributed by atoms with Crippen molar-refractivity contribution in [3.8, 4) is 0 Å². The van der Waals surface area contributed by atoms with Crippen molar-refractivity contribution in [2.45, 2.75) is 24.9 Å². The molecule has 2 aliphatic rings. The van der Waals surface area contributed by atoms with E-state index in [1.165, 1.54) is 28.8 Å². The standard InChI is InChI=1S/C26H24N6O7S2/c1-2-38-19(33)12-39-30-20(16-4-3-5-18(27)28-16)23(34)29-21-24(35)32-22(26(36)37)15(13-41-25(21)32)10-31-8-6-14-7-9-40-17(14)11-31/h3-9,11,21,25H,2,10,12-13H2,1H3,(H3-,27,28,29,34,36,37)/p+1/b30-20+/t21?,25-/m1/s1. The van der Waals surface area contributed by atoms with Crippen LogP contribution in [0, 0.1) is 0 Å². The van der Waals surface area contributed by atoms with Crippen LogP contribution in [0.25, 0.3) is 10.1 Å². The fraction of sp³-hybridized carbons (Fsp3) is 0.269. The number of fused-ring (bicyclic) bond motifs is 2. The Kier molecular flexibility index (Phi) is 8.16. The van der Waals surface area contributed by atoms with Crippen LogP contribution in [0.3, 0.4) is 0 Å². The molecular formula is C26H25N6O7S2+. The summed E-state index contributed by atoms with van der Waals surface area (Å²) in [6, 6.07) is 7.48. The van der Waals surface area contributed by atoms with Crippen molar-refractivity contribution in [2.24, 2.45) is 5.16 Å². The Hall–Kier alpha value is -4.50. The summed E-state index contributed by atoms with van der Waals surface area (Å²) in [4.78, 5) is 60.7. The van der Waals surface area contributed by atoms with Crippen molar-refractivity contribution in [1.29, 1.82) is 0 Å². The molecular weight excluding hydrogens is 572 g/mol. The van der Waals surface area contributed by atoms with Gasteiger partial charge in [-0.1, -0.05) is 11.2 Å². The number of nitrogens with zero attached hydrogens (tertiary/aromatic N) is 4. The normalized spacial score (nSPS) is 18.5. The molecule has 0 bridgehead atoms. The number of nitrogen functional groups attached to an aromatic ring is 1. The molecule has 0 spiro atoms. The Morgan fingerprint density at radius 2 is 2.12 bits per heavy atom. The van der Waals surface area contributed by atoms with Crippen LogP contribution in [0.4, 0.5) is 5.82 Å². The second kappa shape index (κ2) is 11.9. The summed E-state index contributed by atoms with van der Waals surface area (Å²) in [5.41, 5.74) is 5.98. The van der Waals surface area contributed by atoms with E-state index in [0.717, 1.165) is 10.1 Å². The number of anilines is 1. The van der Waals surface area contributed by atoms with Gasteiger partial charge in [-0.15, -0.1) is 23.1 Å². The predicted octanol–water partition coefficient (Wildman–Crippen LogP) is 0.889. The molecule has 0 saturated carbocycles. The molecule has 5 heterocycles. The number of oxime groups is 1. The number of thiophene rings is 1. The number of carbonyl (C=O) groups is 4. The molecule has 4 N–H and O–H groups in total. The van der Waals surface area contributed by atoms with E-state index < -0.39 is 41.8 Å². The van der Waals surface area contributed by atoms with Gasteiger partial charge in [-0.25, -0.2) is 14.6 Å². The van der Waals surface area contributed by atoms with E-state index in [0.29, 0.717) is 17.9 Å². The van der Waals surface area contributed by atoms with Crippen molar-refractivity contribution in [3.63, 3.8) is 0 Å². The topological polar surface area (TPSA) is 177 Å². The molecule has 2 aliphatic heterocycles. The number of hydrogen-bond acceptors (Lipinski definition) is 11. The molecule has 1 saturated heterocycles. The molecule has 3 aromatic heterocycles. The first kappa shape index (κ1) is 28.0. The molecule has 1 fully saturated rings. The Morgan fingerprint density at radius 1 is 1.29 bits per heavy atom. The first-order chi connectivity index (χ1) is 19.8. The van der Waals surface area contributed by atoms with Gasteiger partial charge in [-0.05, 0) is 30.5 Å². The number of aliphatic carboxylic acids is 1. The lowest BCUT2D eigenvalue weighted by Gasteiger charge is -2.49. The van der Waals surface area contributed by atoms with Crippen LogP contribution in [0.1, 0.15) is 12.6 Å². The lowest BCUT2D eigenvalue weighted by atomic mass is 10.0.